The van der Waals surface area contributed by atoms with E-state index in [1.807, 2.05) is 4.90 Å². The Labute approximate surface area is 132 Å². The highest BCUT2D eigenvalue weighted by Gasteiger charge is 2.27. The molecule has 1 N–H and O–H groups in total. The maximum absolute atomic E-state index is 12.2. The molecule has 20 heavy (non-hydrogen) atoms. The zero-order valence-electron chi connectivity index (χ0n) is 11.9. The van der Waals surface area contributed by atoms with E-state index in [9.17, 15) is 9.90 Å². The topological polar surface area (TPSA) is 40.5 Å². The van der Waals surface area contributed by atoms with Gasteiger partial charge in [0.25, 0.3) is 0 Å². The molecule has 0 spiro atoms. The summed E-state index contributed by atoms with van der Waals surface area (Å²) < 4.78 is 1.10. The van der Waals surface area contributed by atoms with Crippen LogP contribution in [0.1, 0.15) is 24.0 Å². The first-order valence-corrected chi connectivity index (χ1v) is 8.60. The SMILES string of the molecule is Cc1cc(SCC(=O)N2CCC[C@H]2CO)c(C)cc1Br. The molecule has 1 aliphatic heterocycles. The molecule has 0 radical (unpaired) electrons. The zero-order valence-corrected chi connectivity index (χ0v) is 14.3. The average Bonchev–Trinajstić information content (AvgIpc) is 2.89. The number of carbonyl (C=O) groups is 1. The van der Waals surface area contributed by atoms with Gasteiger partial charge in [0.15, 0.2) is 0 Å². The molecule has 1 amide bonds. The van der Waals surface area contributed by atoms with Gasteiger partial charge in [-0.3, -0.25) is 4.79 Å². The molecule has 110 valence electrons. The van der Waals surface area contributed by atoms with Crippen LogP contribution >= 0.6 is 27.7 Å². The van der Waals surface area contributed by atoms with E-state index in [4.69, 9.17) is 0 Å². The molecule has 1 heterocycles. The second-order valence-corrected chi connectivity index (χ2v) is 7.09. The van der Waals surface area contributed by atoms with Crippen LogP contribution < -0.4 is 0 Å². The van der Waals surface area contributed by atoms with E-state index in [1.165, 1.54) is 11.1 Å². The summed E-state index contributed by atoms with van der Waals surface area (Å²) in [5.41, 5.74) is 2.36. The van der Waals surface area contributed by atoms with Crippen LogP contribution in [0.3, 0.4) is 0 Å². The predicted octanol–water partition coefficient (Wildman–Crippen LogP) is 3.14. The number of halogens is 1. The minimum absolute atomic E-state index is 0.0239. The van der Waals surface area contributed by atoms with Crippen molar-refractivity contribution in [3.05, 3.63) is 27.7 Å². The average molecular weight is 358 g/mol. The number of hydrogen-bond acceptors (Lipinski definition) is 3. The molecule has 1 fully saturated rings. The van der Waals surface area contributed by atoms with Gasteiger partial charge in [-0.2, -0.15) is 0 Å². The lowest BCUT2D eigenvalue weighted by Crippen LogP contribution is -2.38. The largest absolute Gasteiger partial charge is 0.394 e. The molecule has 0 aromatic heterocycles. The van der Waals surface area contributed by atoms with Crippen LogP contribution in [0.25, 0.3) is 0 Å². The van der Waals surface area contributed by atoms with E-state index in [2.05, 4.69) is 41.9 Å². The molecule has 1 saturated heterocycles. The summed E-state index contributed by atoms with van der Waals surface area (Å²) in [7, 11) is 0. The van der Waals surface area contributed by atoms with Gasteiger partial charge in [-0.1, -0.05) is 15.9 Å². The summed E-state index contributed by atoms with van der Waals surface area (Å²) in [6.45, 7) is 4.97. The molecule has 1 aliphatic rings. The van der Waals surface area contributed by atoms with E-state index >= 15 is 0 Å². The van der Waals surface area contributed by atoms with E-state index in [0.29, 0.717) is 5.75 Å². The van der Waals surface area contributed by atoms with Crippen LogP contribution in [0.15, 0.2) is 21.5 Å². The first kappa shape index (κ1) is 15.9. The van der Waals surface area contributed by atoms with Crippen molar-refractivity contribution in [1.29, 1.82) is 0 Å². The smallest absolute Gasteiger partial charge is 0.233 e. The van der Waals surface area contributed by atoms with E-state index in [-0.39, 0.29) is 18.6 Å². The van der Waals surface area contributed by atoms with Crippen molar-refractivity contribution in [3.63, 3.8) is 0 Å². The fourth-order valence-corrected chi connectivity index (χ4v) is 3.94. The van der Waals surface area contributed by atoms with Crippen LogP contribution in [-0.2, 0) is 4.79 Å². The lowest BCUT2D eigenvalue weighted by molar-refractivity contribution is -0.129. The minimum atomic E-state index is 0.0239. The summed E-state index contributed by atoms with van der Waals surface area (Å²) in [6.07, 6.45) is 1.92. The number of aliphatic hydroxyl groups is 1. The van der Waals surface area contributed by atoms with Crippen molar-refractivity contribution in [3.8, 4) is 0 Å². The second-order valence-electron chi connectivity index (χ2n) is 5.22. The van der Waals surface area contributed by atoms with Crippen molar-refractivity contribution in [2.75, 3.05) is 18.9 Å². The number of carbonyl (C=O) groups excluding carboxylic acids is 1. The number of amides is 1. The number of rotatable bonds is 4. The maximum atomic E-state index is 12.2. The van der Waals surface area contributed by atoms with Crippen molar-refractivity contribution < 1.29 is 9.90 Å². The van der Waals surface area contributed by atoms with Crippen molar-refractivity contribution in [2.45, 2.75) is 37.6 Å². The van der Waals surface area contributed by atoms with Gasteiger partial charge in [-0.25, -0.2) is 0 Å². The lowest BCUT2D eigenvalue weighted by Gasteiger charge is -2.23. The van der Waals surface area contributed by atoms with Gasteiger partial charge in [0, 0.05) is 15.9 Å². The van der Waals surface area contributed by atoms with E-state index < -0.39 is 0 Å². The van der Waals surface area contributed by atoms with Gasteiger partial charge >= 0.3 is 0 Å². The van der Waals surface area contributed by atoms with Crippen molar-refractivity contribution >= 4 is 33.6 Å². The molecule has 0 bridgehead atoms. The van der Waals surface area contributed by atoms with E-state index in [1.54, 1.807) is 11.8 Å². The third-order valence-corrected chi connectivity index (χ3v) is 5.71. The molecule has 0 saturated carbocycles. The third-order valence-electron chi connectivity index (χ3n) is 3.72. The summed E-state index contributed by atoms with van der Waals surface area (Å²) in [5.74, 6) is 0.574. The number of hydrogen-bond donors (Lipinski definition) is 1. The van der Waals surface area contributed by atoms with Gasteiger partial charge in [0.1, 0.15) is 0 Å². The van der Waals surface area contributed by atoms with Gasteiger partial charge in [0.05, 0.1) is 18.4 Å². The van der Waals surface area contributed by atoms with Gasteiger partial charge in [-0.15, -0.1) is 11.8 Å². The van der Waals surface area contributed by atoms with Crippen molar-refractivity contribution in [1.82, 2.24) is 4.90 Å². The molecule has 1 aromatic carbocycles. The van der Waals surface area contributed by atoms with E-state index in [0.717, 1.165) is 28.8 Å². The molecule has 1 atom stereocenters. The highest BCUT2D eigenvalue weighted by Crippen LogP contribution is 2.29. The Balaban J connectivity index is 1.98. The fourth-order valence-electron chi connectivity index (χ4n) is 2.49. The van der Waals surface area contributed by atoms with Gasteiger partial charge in [-0.05, 0) is 49.9 Å². The van der Waals surface area contributed by atoms with Crippen LogP contribution in [0.2, 0.25) is 0 Å². The Morgan fingerprint density at radius 2 is 2.20 bits per heavy atom. The van der Waals surface area contributed by atoms with Crippen LogP contribution in [0, 0.1) is 13.8 Å². The Hall–Kier alpha value is -0.520. The molecule has 0 unspecified atom stereocenters. The number of aliphatic hydroxyl groups excluding tert-OH is 1. The summed E-state index contributed by atoms with van der Waals surface area (Å²) in [5, 5.41) is 9.28. The van der Waals surface area contributed by atoms with Crippen LogP contribution in [0.4, 0.5) is 0 Å². The number of thioether (sulfide) groups is 1. The first-order valence-electron chi connectivity index (χ1n) is 6.82. The Kier molecular flexibility index (Phi) is 5.52. The predicted molar refractivity (Wildman–Crippen MR) is 86.2 cm³/mol. The van der Waals surface area contributed by atoms with Crippen molar-refractivity contribution in [2.24, 2.45) is 0 Å². The van der Waals surface area contributed by atoms with Gasteiger partial charge in [0.2, 0.25) is 5.91 Å². The molecule has 2 rings (SSSR count). The van der Waals surface area contributed by atoms with Gasteiger partial charge < -0.3 is 10.0 Å². The molecule has 5 heteroatoms. The van der Waals surface area contributed by atoms with Crippen LogP contribution in [0.5, 0.6) is 0 Å². The Morgan fingerprint density at radius 1 is 1.45 bits per heavy atom. The molecule has 0 aliphatic carbocycles. The monoisotopic (exact) mass is 357 g/mol. The molecule has 3 nitrogen and oxygen atoms in total. The summed E-state index contributed by atoms with van der Waals surface area (Å²) in [6, 6.07) is 4.23. The standard InChI is InChI=1S/C15H20BrNO2S/c1-10-7-14(11(2)6-13(10)16)20-9-15(19)17-5-3-4-12(17)8-18/h6-7,12,18H,3-5,8-9H2,1-2H3/t12-/m0/s1. The number of nitrogens with zero attached hydrogens (tertiary/aromatic N) is 1. The fraction of sp³-hybridized carbons (Fsp3) is 0.533. The minimum Gasteiger partial charge on any atom is -0.394 e. The number of likely N-dealkylation sites (tertiary alicyclic amines) is 1. The Morgan fingerprint density at radius 3 is 2.90 bits per heavy atom. The number of aryl methyl sites for hydroxylation is 2. The highest BCUT2D eigenvalue weighted by atomic mass is 79.9. The second kappa shape index (κ2) is 6.96. The molecular weight excluding hydrogens is 338 g/mol. The quantitative estimate of drug-likeness (QED) is 0.841. The van der Waals surface area contributed by atoms with Crippen LogP contribution in [-0.4, -0.2) is 40.9 Å². The maximum Gasteiger partial charge on any atom is 0.233 e. The normalized spacial score (nSPS) is 18.6. The zero-order chi connectivity index (χ0) is 14.7. The lowest BCUT2D eigenvalue weighted by atomic mass is 10.2. The first-order chi connectivity index (χ1) is 9.52. The molecule has 1 aromatic rings. The number of benzene rings is 1. The Bertz CT molecular complexity index is 507. The highest BCUT2D eigenvalue weighted by molar-refractivity contribution is 9.10. The molecular formula is C15H20BrNO2S. The summed E-state index contributed by atoms with van der Waals surface area (Å²) in [4.78, 5) is 15.2. The summed E-state index contributed by atoms with van der Waals surface area (Å²) >= 11 is 5.10. The third kappa shape index (κ3) is 3.57.